The Kier molecular flexibility index (Phi) is 3.48. The van der Waals surface area contributed by atoms with Crippen LogP contribution in [0.2, 0.25) is 0 Å². The molecule has 0 saturated carbocycles. The second-order valence-electron chi connectivity index (χ2n) is 3.91. The third-order valence-electron chi connectivity index (χ3n) is 2.28. The molecule has 0 fully saturated rings. The predicted octanol–water partition coefficient (Wildman–Crippen LogP) is 3.01. The van der Waals surface area contributed by atoms with E-state index in [1.54, 1.807) is 6.92 Å². The van der Waals surface area contributed by atoms with E-state index in [0.29, 0.717) is 0 Å². The summed E-state index contributed by atoms with van der Waals surface area (Å²) in [6, 6.07) is 4.32. The maximum atomic E-state index is 9.16. The Morgan fingerprint density at radius 3 is 2.07 bits per heavy atom. The van der Waals surface area contributed by atoms with Gasteiger partial charge < -0.3 is 5.11 Å². The van der Waals surface area contributed by atoms with Crippen molar-refractivity contribution in [3.63, 3.8) is 0 Å². The van der Waals surface area contributed by atoms with Crippen molar-refractivity contribution >= 4 is 6.08 Å². The van der Waals surface area contributed by atoms with Gasteiger partial charge in [-0.15, -0.1) is 0 Å². The molecule has 1 atom stereocenters. The van der Waals surface area contributed by atoms with Gasteiger partial charge in [0.05, 0.1) is 6.10 Å². The minimum absolute atomic E-state index is 0.380. The van der Waals surface area contributed by atoms with E-state index in [2.05, 4.69) is 32.9 Å². The highest BCUT2D eigenvalue weighted by atomic mass is 16.3. The van der Waals surface area contributed by atoms with Crippen LogP contribution in [0.5, 0.6) is 0 Å². The van der Waals surface area contributed by atoms with Gasteiger partial charge in [-0.1, -0.05) is 29.8 Å². The normalized spacial score (nSPS) is 13.5. The van der Waals surface area contributed by atoms with Crippen LogP contribution < -0.4 is 0 Å². The summed E-state index contributed by atoms with van der Waals surface area (Å²) in [6.07, 6.45) is 3.43. The second-order valence-corrected chi connectivity index (χ2v) is 3.91. The average molecular weight is 190 g/mol. The first kappa shape index (κ1) is 11.0. The summed E-state index contributed by atoms with van der Waals surface area (Å²) < 4.78 is 0. The zero-order chi connectivity index (χ0) is 10.7. The van der Waals surface area contributed by atoms with Crippen LogP contribution in [0.4, 0.5) is 0 Å². The monoisotopic (exact) mass is 190 g/mol. The fourth-order valence-corrected chi connectivity index (χ4v) is 1.69. The fourth-order valence-electron chi connectivity index (χ4n) is 1.69. The van der Waals surface area contributed by atoms with Crippen LogP contribution in [0.3, 0.4) is 0 Å². The van der Waals surface area contributed by atoms with E-state index in [0.717, 1.165) is 0 Å². The lowest BCUT2D eigenvalue weighted by Crippen LogP contribution is -1.93. The molecule has 76 valence electrons. The molecule has 1 heteroatoms. The van der Waals surface area contributed by atoms with Crippen molar-refractivity contribution < 1.29 is 5.11 Å². The number of hydrogen-bond acceptors (Lipinski definition) is 1. The minimum atomic E-state index is -0.380. The van der Waals surface area contributed by atoms with Crippen molar-refractivity contribution in [2.45, 2.75) is 33.8 Å². The fraction of sp³-hybridized carbons (Fsp3) is 0.385. The van der Waals surface area contributed by atoms with Gasteiger partial charge in [0.2, 0.25) is 0 Å². The minimum Gasteiger partial charge on any atom is -0.389 e. The Morgan fingerprint density at radius 2 is 1.64 bits per heavy atom. The lowest BCUT2D eigenvalue weighted by Gasteiger charge is -2.07. The summed E-state index contributed by atoms with van der Waals surface area (Å²) >= 11 is 0. The molecule has 0 radical (unpaired) electrons. The van der Waals surface area contributed by atoms with Crippen molar-refractivity contribution in [1.29, 1.82) is 0 Å². The van der Waals surface area contributed by atoms with Gasteiger partial charge in [0.1, 0.15) is 0 Å². The second kappa shape index (κ2) is 4.43. The Bertz CT molecular complexity index is 325. The van der Waals surface area contributed by atoms with E-state index >= 15 is 0 Å². The molecule has 1 nitrogen and oxygen atoms in total. The van der Waals surface area contributed by atoms with Crippen LogP contribution in [0, 0.1) is 20.8 Å². The summed E-state index contributed by atoms with van der Waals surface area (Å²) in [5.41, 5.74) is 5.03. The molecule has 0 spiro atoms. The summed E-state index contributed by atoms with van der Waals surface area (Å²) in [7, 11) is 0. The number of benzene rings is 1. The molecule has 1 aromatic carbocycles. The standard InChI is InChI=1S/C13H18O/c1-9-7-10(2)13(11(3)8-9)6-5-12(4)14/h5-8,12,14H,1-4H3. The zero-order valence-electron chi connectivity index (χ0n) is 9.33. The van der Waals surface area contributed by atoms with Crippen molar-refractivity contribution in [1.82, 2.24) is 0 Å². The SMILES string of the molecule is Cc1cc(C)c(C=CC(C)O)c(C)c1. The van der Waals surface area contributed by atoms with Crippen molar-refractivity contribution in [2.24, 2.45) is 0 Å². The molecule has 0 aliphatic carbocycles. The van der Waals surface area contributed by atoms with Crippen LogP contribution in [0.1, 0.15) is 29.2 Å². The quantitative estimate of drug-likeness (QED) is 0.760. The maximum Gasteiger partial charge on any atom is 0.0696 e. The summed E-state index contributed by atoms with van der Waals surface area (Å²) in [5, 5.41) is 9.16. The van der Waals surface area contributed by atoms with Crippen molar-refractivity contribution in [3.05, 3.63) is 40.5 Å². The van der Waals surface area contributed by atoms with Gasteiger partial charge in [-0.3, -0.25) is 0 Å². The van der Waals surface area contributed by atoms with Gasteiger partial charge in [-0.2, -0.15) is 0 Å². The first-order chi connectivity index (χ1) is 6.50. The third-order valence-corrected chi connectivity index (χ3v) is 2.28. The Labute approximate surface area is 86.1 Å². The first-order valence-electron chi connectivity index (χ1n) is 4.95. The molecule has 0 heterocycles. The Hall–Kier alpha value is -1.08. The van der Waals surface area contributed by atoms with Crippen LogP contribution >= 0.6 is 0 Å². The molecule has 0 amide bonds. The lowest BCUT2D eigenvalue weighted by molar-refractivity contribution is 0.245. The molecular formula is C13H18O. The number of aryl methyl sites for hydroxylation is 3. The van der Waals surface area contributed by atoms with Gasteiger partial charge in [0.15, 0.2) is 0 Å². The Morgan fingerprint density at radius 1 is 1.14 bits per heavy atom. The summed E-state index contributed by atoms with van der Waals surface area (Å²) in [5.74, 6) is 0. The van der Waals surface area contributed by atoms with E-state index in [-0.39, 0.29) is 6.10 Å². The summed E-state index contributed by atoms with van der Waals surface area (Å²) in [4.78, 5) is 0. The molecule has 1 aromatic rings. The van der Waals surface area contributed by atoms with Crippen LogP contribution in [-0.4, -0.2) is 11.2 Å². The molecular weight excluding hydrogens is 172 g/mol. The number of hydrogen-bond donors (Lipinski definition) is 1. The first-order valence-corrected chi connectivity index (χ1v) is 4.95. The smallest absolute Gasteiger partial charge is 0.0696 e. The van der Waals surface area contributed by atoms with Gasteiger partial charge >= 0.3 is 0 Å². The molecule has 1 unspecified atom stereocenters. The molecule has 14 heavy (non-hydrogen) atoms. The molecule has 0 aliphatic rings. The van der Waals surface area contributed by atoms with E-state index in [4.69, 9.17) is 5.11 Å². The van der Waals surface area contributed by atoms with Gasteiger partial charge in [-0.05, 0) is 44.4 Å². The molecule has 0 aromatic heterocycles. The highest BCUT2D eigenvalue weighted by Gasteiger charge is 2.00. The highest BCUT2D eigenvalue weighted by molar-refractivity contribution is 5.58. The van der Waals surface area contributed by atoms with Gasteiger partial charge in [0, 0.05) is 0 Å². The molecule has 0 aliphatic heterocycles. The number of aliphatic hydroxyl groups is 1. The molecule has 1 N–H and O–H groups in total. The van der Waals surface area contributed by atoms with E-state index in [1.807, 2.05) is 12.2 Å². The molecule has 1 rings (SSSR count). The van der Waals surface area contributed by atoms with Crippen molar-refractivity contribution in [2.75, 3.05) is 0 Å². The summed E-state index contributed by atoms with van der Waals surface area (Å²) in [6.45, 7) is 8.06. The average Bonchev–Trinajstić information content (AvgIpc) is 2.01. The van der Waals surface area contributed by atoms with E-state index < -0.39 is 0 Å². The van der Waals surface area contributed by atoms with Gasteiger partial charge in [0.25, 0.3) is 0 Å². The molecule has 0 saturated heterocycles. The van der Waals surface area contributed by atoms with Crippen molar-refractivity contribution in [3.8, 4) is 0 Å². The largest absolute Gasteiger partial charge is 0.389 e. The third kappa shape index (κ3) is 2.71. The Balaban J connectivity index is 3.09. The predicted molar refractivity (Wildman–Crippen MR) is 61.4 cm³/mol. The maximum absolute atomic E-state index is 9.16. The number of rotatable bonds is 2. The van der Waals surface area contributed by atoms with Crippen LogP contribution in [0.15, 0.2) is 18.2 Å². The topological polar surface area (TPSA) is 20.2 Å². The van der Waals surface area contributed by atoms with Gasteiger partial charge in [-0.25, -0.2) is 0 Å². The molecule has 0 bridgehead atoms. The van der Waals surface area contributed by atoms with E-state index in [9.17, 15) is 0 Å². The van der Waals surface area contributed by atoms with E-state index in [1.165, 1.54) is 22.3 Å². The lowest BCUT2D eigenvalue weighted by atomic mass is 9.99. The van der Waals surface area contributed by atoms with Crippen LogP contribution in [-0.2, 0) is 0 Å². The van der Waals surface area contributed by atoms with Crippen LogP contribution in [0.25, 0.3) is 6.08 Å². The zero-order valence-corrected chi connectivity index (χ0v) is 9.33. The highest BCUT2D eigenvalue weighted by Crippen LogP contribution is 2.17. The number of aliphatic hydroxyl groups excluding tert-OH is 1.